The molecule has 1 atom stereocenters. The molecule has 0 aliphatic rings. The highest BCUT2D eigenvalue weighted by Gasteiger charge is 2.10. The summed E-state index contributed by atoms with van der Waals surface area (Å²) in [5.41, 5.74) is 2.45. The molecule has 0 aliphatic carbocycles. The van der Waals surface area contributed by atoms with Crippen LogP contribution in [0.4, 0.5) is 0 Å². The molecule has 0 saturated heterocycles. The van der Waals surface area contributed by atoms with E-state index in [0.717, 1.165) is 12.2 Å². The fourth-order valence-electron chi connectivity index (χ4n) is 1.76. The third kappa shape index (κ3) is 5.02. The summed E-state index contributed by atoms with van der Waals surface area (Å²) in [5, 5.41) is 7.08. The SMILES string of the molecule is CNC(C)Cc1noc(COc2ccc(C)c(C)c2)n1.Cl. The maximum atomic E-state index is 5.66. The van der Waals surface area contributed by atoms with Crippen LogP contribution < -0.4 is 10.1 Å². The lowest BCUT2D eigenvalue weighted by Gasteiger charge is -2.06. The summed E-state index contributed by atoms with van der Waals surface area (Å²) in [6.45, 7) is 6.50. The van der Waals surface area contributed by atoms with Gasteiger partial charge in [-0.3, -0.25) is 0 Å². The molecular formula is C15H22ClN3O2. The second-order valence-electron chi connectivity index (χ2n) is 5.03. The minimum atomic E-state index is 0. The average Bonchev–Trinajstić information content (AvgIpc) is 2.87. The second kappa shape index (κ2) is 8.00. The van der Waals surface area contributed by atoms with Gasteiger partial charge in [0, 0.05) is 12.5 Å². The van der Waals surface area contributed by atoms with Gasteiger partial charge in [-0.05, 0) is 51.1 Å². The summed E-state index contributed by atoms with van der Waals surface area (Å²) >= 11 is 0. The highest BCUT2D eigenvalue weighted by molar-refractivity contribution is 5.85. The molecule has 1 heterocycles. The summed E-state index contributed by atoms with van der Waals surface area (Å²) in [5.74, 6) is 2.02. The van der Waals surface area contributed by atoms with Gasteiger partial charge in [-0.25, -0.2) is 0 Å². The highest BCUT2D eigenvalue weighted by atomic mass is 35.5. The molecule has 0 spiro atoms. The van der Waals surface area contributed by atoms with E-state index < -0.39 is 0 Å². The van der Waals surface area contributed by atoms with Crippen molar-refractivity contribution in [1.82, 2.24) is 15.5 Å². The Morgan fingerprint density at radius 3 is 2.71 bits per heavy atom. The van der Waals surface area contributed by atoms with Crippen LogP contribution in [-0.2, 0) is 13.0 Å². The number of likely N-dealkylation sites (N-methyl/N-ethyl adjacent to an activating group) is 1. The first-order chi connectivity index (χ1) is 9.58. The van der Waals surface area contributed by atoms with Crippen LogP contribution in [0.1, 0.15) is 29.8 Å². The fourth-order valence-corrected chi connectivity index (χ4v) is 1.76. The molecule has 0 radical (unpaired) electrons. The van der Waals surface area contributed by atoms with E-state index in [0.29, 0.717) is 24.4 Å². The zero-order chi connectivity index (χ0) is 14.5. The molecule has 1 aromatic heterocycles. The third-order valence-corrected chi connectivity index (χ3v) is 3.33. The monoisotopic (exact) mass is 311 g/mol. The van der Waals surface area contributed by atoms with Crippen LogP contribution in [0, 0.1) is 13.8 Å². The second-order valence-corrected chi connectivity index (χ2v) is 5.03. The zero-order valence-corrected chi connectivity index (χ0v) is 13.7. The Balaban J connectivity index is 0.00000220. The van der Waals surface area contributed by atoms with E-state index in [1.165, 1.54) is 11.1 Å². The van der Waals surface area contributed by atoms with Crippen LogP contribution >= 0.6 is 12.4 Å². The number of rotatable bonds is 6. The van der Waals surface area contributed by atoms with E-state index in [1.807, 2.05) is 25.2 Å². The van der Waals surface area contributed by atoms with Gasteiger partial charge < -0.3 is 14.6 Å². The van der Waals surface area contributed by atoms with Crippen molar-refractivity contribution in [3.05, 3.63) is 41.0 Å². The average molecular weight is 312 g/mol. The third-order valence-electron chi connectivity index (χ3n) is 3.33. The first-order valence-corrected chi connectivity index (χ1v) is 6.77. The molecule has 116 valence electrons. The number of aromatic nitrogens is 2. The highest BCUT2D eigenvalue weighted by Crippen LogP contribution is 2.17. The van der Waals surface area contributed by atoms with Crippen LogP contribution in [0.25, 0.3) is 0 Å². The lowest BCUT2D eigenvalue weighted by molar-refractivity contribution is 0.242. The number of halogens is 1. The van der Waals surface area contributed by atoms with Crippen molar-refractivity contribution < 1.29 is 9.26 Å². The molecule has 1 N–H and O–H groups in total. The summed E-state index contributed by atoms with van der Waals surface area (Å²) in [6, 6.07) is 6.32. The van der Waals surface area contributed by atoms with E-state index in [2.05, 4.69) is 36.2 Å². The fraction of sp³-hybridized carbons (Fsp3) is 0.467. The molecule has 1 unspecified atom stereocenters. The minimum absolute atomic E-state index is 0. The Hall–Kier alpha value is -1.59. The van der Waals surface area contributed by atoms with Crippen LogP contribution in [0.2, 0.25) is 0 Å². The standard InChI is InChI=1S/C15H21N3O2.ClH/c1-10-5-6-13(7-11(10)2)19-9-15-17-14(18-20-15)8-12(3)16-4;/h5-7,12,16H,8-9H2,1-4H3;1H. The molecule has 2 aromatic rings. The maximum absolute atomic E-state index is 5.66. The van der Waals surface area contributed by atoms with Crippen LogP contribution in [0.15, 0.2) is 22.7 Å². The van der Waals surface area contributed by atoms with Gasteiger partial charge in [0.2, 0.25) is 0 Å². The van der Waals surface area contributed by atoms with Gasteiger partial charge in [0.05, 0.1) is 0 Å². The molecule has 21 heavy (non-hydrogen) atoms. The number of ether oxygens (including phenoxy) is 1. The molecule has 0 saturated carbocycles. The zero-order valence-electron chi connectivity index (χ0n) is 12.8. The van der Waals surface area contributed by atoms with Crippen molar-refractivity contribution in [2.75, 3.05) is 7.05 Å². The number of aryl methyl sites for hydroxylation is 2. The number of hydrogen-bond donors (Lipinski definition) is 1. The molecule has 1 aromatic carbocycles. The quantitative estimate of drug-likeness (QED) is 0.889. The largest absolute Gasteiger partial charge is 0.484 e. The normalized spacial score (nSPS) is 11.8. The minimum Gasteiger partial charge on any atom is -0.484 e. The van der Waals surface area contributed by atoms with E-state index >= 15 is 0 Å². The first-order valence-electron chi connectivity index (χ1n) is 6.77. The van der Waals surface area contributed by atoms with E-state index in [4.69, 9.17) is 9.26 Å². The van der Waals surface area contributed by atoms with Crippen molar-refractivity contribution in [3.8, 4) is 5.75 Å². The first kappa shape index (κ1) is 17.5. The Bertz CT molecular complexity index is 572. The van der Waals surface area contributed by atoms with Crippen LogP contribution in [0.5, 0.6) is 5.75 Å². The van der Waals surface area contributed by atoms with Gasteiger partial charge in [-0.2, -0.15) is 4.98 Å². The Morgan fingerprint density at radius 2 is 2.05 bits per heavy atom. The molecule has 0 fully saturated rings. The summed E-state index contributed by atoms with van der Waals surface area (Å²) in [6.07, 6.45) is 0.740. The van der Waals surface area contributed by atoms with Crippen LogP contribution in [0.3, 0.4) is 0 Å². The lowest BCUT2D eigenvalue weighted by atomic mass is 10.1. The van der Waals surface area contributed by atoms with Gasteiger partial charge in [0.25, 0.3) is 5.89 Å². The summed E-state index contributed by atoms with van der Waals surface area (Å²) < 4.78 is 10.8. The van der Waals surface area contributed by atoms with Gasteiger partial charge in [0.15, 0.2) is 12.4 Å². The smallest absolute Gasteiger partial charge is 0.264 e. The Morgan fingerprint density at radius 1 is 1.29 bits per heavy atom. The molecule has 0 aliphatic heterocycles. The molecule has 0 amide bonds. The van der Waals surface area contributed by atoms with Crippen molar-refractivity contribution in [2.24, 2.45) is 0 Å². The number of hydrogen-bond acceptors (Lipinski definition) is 5. The van der Waals surface area contributed by atoms with E-state index in [1.54, 1.807) is 0 Å². The van der Waals surface area contributed by atoms with Crippen molar-refractivity contribution >= 4 is 12.4 Å². The molecule has 0 bridgehead atoms. The van der Waals surface area contributed by atoms with Gasteiger partial charge in [0.1, 0.15) is 5.75 Å². The Kier molecular flexibility index (Phi) is 6.65. The lowest BCUT2D eigenvalue weighted by Crippen LogP contribution is -2.24. The van der Waals surface area contributed by atoms with Crippen molar-refractivity contribution in [3.63, 3.8) is 0 Å². The van der Waals surface area contributed by atoms with Gasteiger partial charge in [-0.15, -0.1) is 12.4 Å². The van der Waals surface area contributed by atoms with Crippen LogP contribution in [-0.4, -0.2) is 23.2 Å². The number of nitrogens with zero attached hydrogens (tertiary/aromatic N) is 2. The molecule has 6 heteroatoms. The topological polar surface area (TPSA) is 60.2 Å². The van der Waals surface area contributed by atoms with Crippen molar-refractivity contribution in [1.29, 1.82) is 0 Å². The molecule has 2 rings (SSSR count). The molecular weight excluding hydrogens is 290 g/mol. The van der Waals surface area contributed by atoms with Crippen molar-refractivity contribution in [2.45, 2.75) is 39.8 Å². The van der Waals surface area contributed by atoms with E-state index in [-0.39, 0.29) is 12.4 Å². The number of nitrogens with one attached hydrogen (secondary N) is 1. The van der Waals surface area contributed by atoms with E-state index in [9.17, 15) is 0 Å². The van der Waals surface area contributed by atoms with Gasteiger partial charge in [-0.1, -0.05) is 11.2 Å². The summed E-state index contributed by atoms with van der Waals surface area (Å²) in [4.78, 5) is 4.31. The Labute approximate surface area is 131 Å². The van der Waals surface area contributed by atoms with Gasteiger partial charge >= 0.3 is 0 Å². The number of benzene rings is 1. The summed E-state index contributed by atoms with van der Waals surface area (Å²) in [7, 11) is 1.91. The maximum Gasteiger partial charge on any atom is 0.264 e. The predicted molar refractivity (Wildman–Crippen MR) is 84.0 cm³/mol. The predicted octanol–water partition coefficient (Wildman–Crippen LogP) is 2.84. The molecule has 5 nitrogen and oxygen atoms in total.